The minimum absolute atomic E-state index is 0.130. The summed E-state index contributed by atoms with van der Waals surface area (Å²) in [6, 6.07) is 8.13. The number of carboxylic acid groups (broad SMARTS) is 1. The molecule has 0 atom stereocenters. The highest BCUT2D eigenvalue weighted by Gasteiger charge is 2.30. The van der Waals surface area contributed by atoms with Gasteiger partial charge in [-0.3, -0.25) is 9.78 Å². The van der Waals surface area contributed by atoms with Crippen LogP contribution in [0, 0.1) is 0 Å². The van der Waals surface area contributed by atoms with E-state index in [4.69, 9.17) is 5.11 Å². The second-order valence-corrected chi connectivity index (χ2v) is 4.79. The van der Waals surface area contributed by atoms with E-state index in [9.17, 15) is 4.79 Å². The summed E-state index contributed by atoms with van der Waals surface area (Å²) < 4.78 is 0. The molecule has 0 aliphatic heterocycles. The van der Waals surface area contributed by atoms with Gasteiger partial charge in [0.15, 0.2) is 0 Å². The highest BCUT2D eigenvalue weighted by Crippen LogP contribution is 2.31. The number of para-hydroxylation sites is 2. The molecule has 0 radical (unpaired) electrons. The maximum Gasteiger partial charge on any atom is 0.305 e. The van der Waals surface area contributed by atoms with E-state index in [-0.39, 0.29) is 6.42 Å². The Hall–Kier alpha value is -2.17. The molecule has 0 amide bonds. The standard InChI is InChI=1S/C14H15N3O2/c18-14(19)7-8-17(10-5-6-10)13-9-15-11-3-1-2-4-12(11)16-13/h1-4,9-10H,5-8H2,(H,18,19). The summed E-state index contributed by atoms with van der Waals surface area (Å²) in [5, 5.41) is 8.82. The fourth-order valence-corrected chi connectivity index (χ4v) is 2.17. The quantitative estimate of drug-likeness (QED) is 0.888. The zero-order valence-corrected chi connectivity index (χ0v) is 10.5. The first-order valence-electron chi connectivity index (χ1n) is 6.44. The zero-order valence-electron chi connectivity index (χ0n) is 10.5. The molecule has 1 aliphatic carbocycles. The van der Waals surface area contributed by atoms with Crippen molar-refractivity contribution in [2.24, 2.45) is 0 Å². The smallest absolute Gasteiger partial charge is 0.305 e. The van der Waals surface area contributed by atoms with E-state index < -0.39 is 5.97 Å². The molecule has 19 heavy (non-hydrogen) atoms. The molecule has 0 unspecified atom stereocenters. The Morgan fingerprint density at radius 2 is 2.05 bits per heavy atom. The lowest BCUT2D eigenvalue weighted by Gasteiger charge is -2.22. The van der Waals surface area contributed by atoms with Crippen molar-refractivity contribution in [3.8, 4) is 0 Å². The number of fused-ring (bicyclic) bond motifs is 1. The number of carbonyl (C=O) groups is 1. The van der Waals surface area contributed by atoms with E-state index in [0.29, 0.717) is 12.6 Å². The van der Waals surface area contributed by atoms with E-state index in [0.717, 1.165) is 29.7 Å². The molecule has 0 saturated heterocycles. The van der Waals surface area contributed by atoms with Crippen LogP contribution in [0.4, 0.5) is 5.82 Å². The number of hydrogen-bond acceptors (Lipinski definition) is 4. The number of anilines is 1. The molecule has 1 aromatic carbocycles. The van der Waals surface area contributed by atoms with Crippen LogP contribution >= 0.6 is 0 Å². The van der Waals surface area contributed by atoms with Gasteiger partial charge in [-0.2, -0.15) is 0 Å². The van der Waals surface area contributed by atoms with Gasteiger partial charge in [0.25, 0.3) is 0 Å². The van der Waals surface area contributed by atoms with Gasteiger partial charge in [-0.05, 0) is 25.0 Å². The molecule has 1 fully saturated rings. The molecule has 0 spiro atoms. The van der Waals surface area contributed by atoms with Crippen molar-refractivity contribution in [1.29, 1.82) is 0 Å². The minimum atomic E-state index is -0.778. The van der Waals surface area contributed by atoms with Crippen LogP contribution in [-0.2, 0) is 4.79 Å². The fourth-order valence-electron chi connectivity index (χ4n) is 2.17. The molecule has 98 valence electrons. The van der Waals surface area contributed by atoms with Crippen LogP contribution in [0.5, 0.6) is 0 Å². The van der Waals surface area contributed by atoms with Gasteiger partial charge in [0, 0.05) is 12.6 Å². The first-order valence-corrected chi connectivity index (χ1v) is 6.44. The first kappa shape index (κ1) is 11.9. The average molecular weight is 257 g/mol. The van der Waals surface area contributed by atoms with Gasteiger partial charge in [-0.1, -0.05) is 12.1 Å². The normalized spacial score (nSPS) is 14.5. The predicted octanol–water partition coefficient (Wildman–Crippen LogP) is 2.07. The second kappa shape index (κ2) is 4.84. The van der Waals surface area contributed by atoms with Crippen molar-refractivity contribution in [3.05, 3.63) is 30.5 Å². The third-order valence-corrected chi connectivity index (χ3v) is 3.28. The first-order chi connectivity index (χ1) is 9.24. The molecular weight excluding hydrogens is 242 g/mol. The number of aliphatic carboxylic acids is 1. The topological polar surface area (TPSA) is 66.3 Å². The molecule has 3 rings (SSSR count). The molecule has 1 saturated carbocycles. The summed E-state index contributed by atoms with van der Waals surface area (Å²) in [6.07, 6.45) is 4.08. The number of hydrogen-bond donors (Lipinski definition) is 1. The maximum absolute atomic E-state index is 10.7. The summed E-state index contributed by atoms with van der Waals surface area (Å²) in [5.74, 6) is 0.00171. The van der Waals surface area contributed by atoms with Crippen molar-refractivity contribution in [2.75, 3.05) is 11.4 Å². The van der Waals surface area contributed by atoms with Gasteiger partial charge in [0.05, 0.1) is 23.7 Å². The second-order valence-electron chi connectivity index (χ2n) is 4.79. The molecule has 5 nitrogen and oxygen atoms in total. The van der Waals surface area contributed by atoms with Gasteiger partial charge in [0.1, 0.15) is 5.82 Å². The van der Waals surface area contributed by atoms with Crippen LogP contribution < -0.4 is 4.90 Å². The minimum Gasteiger partial charge on any atom is -0.481 e. The maximum atomic E-state index is 10.7. The van der Waals surface area contributed by atoms with Gasteiger partial charge in [-0.25, -0.2) is 4.98 Å². The number of aromatic nitrogens is 2. The van der Waals surface area contributed by atoms with Crippen LogP contribution in [0.15, 0.2) is 30.5 Å². The Labute approximate surface area is 110 Å². The van der Waals surface area contributed by atoms with E-state index in [1.54, 1.807) is 6.20 Å². The summed E-state index contributed by atoms with van der Waals surface area (Å²) in [6.45, 7) is 0.493. The lowest BCUT2D eigenvalue weighted by molar-refractivity contribution is -0.136. The predicted molar refractivity (Wildman–Crippen MR) is 72.2 cm³/mol. The molecule has 5 heteroatoms. The molecule has 1 aliphatic rings. The highest BCUT2D eigenvalue weighted by atomic mass is 16.4. The van der Waals surface area contributed by atoms with Crippen LogP contribution in [0.3, 0.4) is 0 Å². The van der Waals surface area contributed by atoms with Crippen LogP contribution in [-0.4, -0.2) is 33.6 Å². The van der Waals surface area contributed by atoms with Crippen molar-refractivity contribution in [2.45, 2.75) is 25.3 Å². The largest absolute Gasteiger partial charge is 0.481 e. The summed E-state index contributed by atoms with van der Waals surface area (Å²) in [4.78, 5) is 21.8. The van der Waals surface area contributed by atoms with Gasteiger partial charge in [-0.15, -0.1) is 0 Å². The average Bonchev–Trinajstić information content (AvgIpc) is 3.23. The Balaban J connectivity index is 1.88. The molecule has 1 heterocycles. The van der Waals surface area contributed by atoms with Crippen molar-refractivity contribution < 1.29 is 9.90 Å². The third kappa shape index (κ3) is 2.65. The molecule has 1 N–H and O–H groups in total. The molecular formula is C14H15N3O2. The lowest BCUT2D eigenvalue weighted by Crippen LogP contribution is -2.29. The van der Waals surface area contributed by atoms with E-state index >= 15 is 0 Å². The van der Waals surface area contributed by atoms with Crippen molar-refractivity contribution in [1.82, 2.24) is 9.97 Å². The number of nitrogens with zero attached hydrogens (tertiary/aromatic N) is 3. The monoisotopic (exact) mass is 257 g/mol. The third-order valence-electron chi connectivity index (χ3n) is 3.28. The lowest BCUT2D eigenvalue weighted by atomic mass is 10.3. The summed E-state index contributed by atoms with van der Waals surface area (Å²) in [7, 11) is 0. The van der Waals surface area contributed by atoms with E-state index in [1.165, 1.54) is 0 Å². The Kier molecular flexibility index (Phi) is 3.03. The Bertz CT molecular complexity index is 610. The number of rotatable bonds is 5. The van der Waals surface area contributed by atoms with E-state index in [1.807, 2.05) is 24.3 Å². The number of carboxylic acids is 1. The van der Waals surface area contributed by atoms with Crippen LogP contribution in [0.25, 0.3) is 11.0 Å². The zero-order chi connectivity index (χ0) is 13.2. The van der Waals surface area contributed by atoms with Crippen LogP contribution in [0.2, 0.25) is 0 Å². The molecule has 2 aromatic rings. The summed E-state index contributed by atoms with van der Waals surface area (Å²) >= 11 is 0. The molecule has 0 bridgehead atoms. The van der Waals surface area contributed by atoms with Gasteiger partial charge in [0.2, 0.25) is 0 Å². The van der Waals surface area contributed by atoms with E-state index in [2.05, 4.69) is 14.9 Å². The molecule has 1 aromatic heterocycles. The fraction of sp³-hybridized carbons (Fsp3) is 0.357. The Morgan fingerprint density at radius 1 is 1.32 bits per heavy atom. The van der Waals surface area contributed by atoms with Gasteiger partial charge < -0.3 is 10.0 Å². The van der Waals surface area contributed by atoms with Crippen molar-refractivity contribution in [3.63, 3.8) is 0 Å². The highest BCUT2D eigenvalue weighted by molar-refractivity contribution is 5.75. The summed E-state index contributed by atoms with van der Waals surface area (Å²) in [5.41, 5.74) is 1.71. The van der Waals surface area contributed by atoms with Crippen molar-refractivity contribution >= 4 is 22.8 Å². The van der Waals surface area contributed by atoms with Gasteiger partial charge >= 0.3 is 5.97 Å². The number of benzene rings is 1. The SMILES string of the molecule is O=C(O)CCN(c1cnc2ccccc2n1)C1CC1. The van der Waals surface area contributed by atoms with Crippen LogP contribution in [0.1, 0.15) is 19.3 Å². The Morgan fingerprint density at radius 3 is 2.74 bits per heavy atom.